The van der Waals surface area contributed by atoms with Crippen LogP contribution in [-0.2, 0) is 13.0 Å². The Hall–Kier alpha value is -1.10. The van der Waals surface area contributed by atoms with Crippen molar-refractivity contribution in [1.82, 2.24) is 15.6 Å². The summed E-state index contributed by atoms with van der Waals surface area (Å²) in [5, 5.41) is 7.95. The van der Waals surface area contributed by atoms with E-state index < -0.39 is 0 Å². The number of hydrogen-bond donors (Lipinski definition) is 2. The number of thiazole rings is 1. The maximum absolute atomic E-state index is 4.42. The predicted molar refractivity (Wildman–Crippen MR) is 90.8 cm³/mol. The van der Waals surface area contributed by atoms with E-state index in [9.17, 15) is 0 Å². The van der Waals surface area contributed by atoms with Crippen molar-refractivity contribution in [2.24, 2.45) is 16.8 Å². The Bertz CT molecular complexity index is 447. The van der Waals surface area contributed by atoms with Crippen LogP contribution in [0.1, 0.15) is 49.4 Å². The van der Waals surface area contributed by atoms with Gasteiger partial charge in [-0.1, -0.05) is 26.7 Å². The van der Waals surface area contributed by atoms with Gasteiger partial charge in [-0.3, -0.25) is 4.99 Å². The van der Waals surface area contributed by atoms with Gasteiger partial charge in [-0.2, -0.15) is 0 Å². The Morgan fingerprint density at radius 3 is 2.71 bits per heavy atom. The number of nitrogens with one attached hydrogen (secondary N) is 2. The van der Waals surface area contributed by atoms with Crippen LogP contribution >= 0.6 is 11.3 Å². The molecule has 1 aromatic rings. The lowest BCUT2D eigenvalue weighted by Gasteiger charge is -2.26. The normalized spacial score (nSPS) is 23.1. The second kappa shape index (κ2) is 8.37. The van der Waals surface area contributed by atoms with Crippen molar-refractivity contribution in [2.45, 2.75) is 52.5 Å². The van der Waals surface area contributed by atoms with Crippen LogP contribution in [-0.4, -0.2) is 24.5 Å². The third-order valence-corrected chi connectivity index (χ3v) is 5.42. The summed E-state index contributed by atoms with van der Waals surface area (Å²) in [4.78, 5) is 10.1. The van der Waals surface area contributed by atoms with Crippen molar-refractivity contribution in [3.63, 3.8) is 0 Å². The quantitative estimate of drug-likeness (QED) is 0.649. The summed E-state index contributed by atoms with van der Waals surface area (Å²) in [5.41, 5.74) is 0. The Morgan fingerprint density at radius 2 is 2.10 bits per heavy atom. The first kappa shape index (κ1) is 16.3. The summed E-state index contributed by atoms with van der Waals surface area (Å²) >= 11 is 1.78. The molecule has 21 heavy (non-hydrogen) atoms. The Balaban J connectivity index is 1.70. The number of aliphatic imine (C=N–C) groups is 1. The summed E-state index contributed by atoms with van der Waals surface area (Å²) < 4.78 is 0. The van der Waals surface area contributed by atoms with Gasteiger partial charge in [0.1, 0.15) is 5.01 Å². The van der Waals surface area contributed by atoms with E-state index in [1.54, 1.807) is 11.3 Å². The minimum Gasteiger partial charge on any atom is -0.356 e. The molecule has 0 amide bonds. The van der Waals surface area contributed by atoms with Crippen LogP contribution < -0.4 is 10.6 Å². The molecule has 1 aliphatic carbocycles. The molecule has 118 valence electrons. The molecule has 1 saturated carbocycles. The molecule has 1 fully saturated rings. The number of guanidine groups is 1. The van der Waals surface area contributed by atoms with Crippen molar-refractivity contribution >= 4 is 17.3 Å². The number of rotatable bonds is 5. The summed E-state index contributed by atoms with van der Waals surface area (Å²) in [7, 11) is 1.83. The molecule has 2 rings (SSSR count). The molecule has 0 aromatic carbocycles. The first-order chi connectivity index (χ1) is 10.2. The van der Waals surface area contributed by atoms with Gasteiger partial charge < -0.3 is 10.6 Å². The van der Waals surface area contributed by atoms with E-state index in [-0.39, 0.29) is 0 Å². The zero-order chi connectivity index (χ0) is 15.1. The van der Waals surface area contributed by atoms with Gasteiger partial charge in [0.25, 0.3) is 0 Å². The van der Waals surface area contributed by atoms with Crippen LogP contribution in [0, 0.1) is 11.8 Å². The average molecular weight is 308 g/mol. The van der Waals surface area contributed by atoms with Crippen LogP contribution in [0.15, 0.2) is 11.2 Å². The highest BCUT2D eigenvalue weighted by Gasteiger charge is 2.18. The SMILES string of the molecule is CCc1cnc(CNC(=NC)NCC2CCC(C)CC2)s1. The van der Waals surface area contributed by atoms with Gasteiger partial charge in [0, 0.05) is 24.7 Å². The van der Waals surface area contributed by atoms with Gasteiger partial charge in [-0.25, -0.2) is 4.98 Å². The molecular formula is C16H28N4S. The lowest BCUT2D eigenvalue weighted by Crippen LogP contribution is -2.40. The molecule has 0 spiro atoms. The van der Waals surface area contributed by atoms with Gasteiger partial charge in [-0.15, -0.1) is 11.3 Å². The third-order valence-electron chi connectivity index (χ3n) is 4.27. The van der Waals surface area contributed by atoms with Crippen molar-refractivity contribution < 1.29 is 0 Å². The second-order valence-corrected chi connectivity index (χ2v) is 7.21. The van der Waals surface area contributed by atoms with E-state index in [4.69, 9.17) is 0 Å². The van der Waals surface area contributed by atoms with E-state index in [1.807, 2.05) is 13.2 Å². The van der Waals surface area contributed by atoms with E-state index in [2.05, 4.69) is 34.5 Å². The maximum Gasteiger partial charge on any atom is 0.191 e. The molecule has 0 unspecified atom stereocenters. The molecule has 1 heterocycles. The maximum atomic E-state index is 4.42. The molecule has 0 bridgehead atoms. The van der Waals surface area contributed by atoms with Crippen molar-refractivity contribution in [3.05, 3.63) is 16.1 Å². The highest BCUT2D eigenvalue weighted by Crippen LogP contribution is 2.27. The third kappa shape index (κ3) is 5.30. The van der Waals surface area contributed by atoms with Crippen LogP contribution in [0.2, 0.25) is 0 Å². The number of aromatic nitrogens is 1. The van der Waals surface area contributed by atoms with E-state index in [1.165, 1.54) is 30.6 Å². The summed E-state index contributed by atoms with van der Waals surface area (Å²) in [6, 6.07) is 0. The second-order valence-electron chi connectivity index (χ2n) is 6.01. The van der Waals surface area contributed by atoms with E-state index >= 15 is 0 Å². The molecule has 0 atom stereocenters. The summed E-state index contributed by atoms with van der Waals surface area (Å²) in [5.74, 6) is 2.60. The lowest BCUT2D eigenvalue weighted by molar-refractivity contribution is 0.289. The monoisotopic (exact) mass is 308 g/mol. The molecule has 1 aromatic heterocycles. The summed E-state index contributed by atoms with van der Waals surface area (Å²) in [6.07, 6.45) is 8.47. The van der Waals surface area contributed by atoms with Crippen molar-refractivity contribution in [3.8, 4) is 0 Å². The fourth-order valence-electron chi connectivity index (χ4n) is 2.75. The first-order valence-corrected chi connectivity index (χ1v) is 8.91. The highest BCUT2D eigenvalue weighted by molar-refractivity contribution is 7.11. The van der Waals surface area contributed by atoms with Crippen LogP contribution in [0.4, 0.5) is 0 Å². The van der Waals surface area contributed by atoms with Crippen molar-refractivity contribution in [2.75, 3.05) is 13.6 Å². The Kier molecular flexibility index (Phi) is 6.49. The van der Waals surface area contributed by atoms with Gasteiger partial charge in [0.05, 0.1) is 6.54 Å². The molecule has 0 radical (unpaired) electrons. The average Bonchev–Trinajstić information content (AvgIpc) is 2.97. The van der Waals surface area contributed by atoms with Crippen LogP contribution in [0.25, 0.3) is 0 Å². The topological polar surface area (TPSA) is 49.3 Å². The van der Waals surface area contributed by atoms with Crippen LogP contribution in [0.5, 0.6) is 0 Å². The van der Waals surface area contributed by atoms with Gasteiger partial charge in [0.2, 0.25) is 0 Å². The van der Waals surface area contributed by atoms with E-state index in [0.717, 1.165) is 42.3 Å². The van der Waals surface area contributed by atoms with Crippen molar-refractivity contribution in [1.29, 1.82) is 0 Å². The standard InChI is InChI=1S/C16H28N4S/c1-4-14-10-18-15(21-14)11-20-16(17-3)19-9-13-7-5-12(2)6-8-13/h10,12-13H,4-9,11H2,1-3H3,(H2,17,19,20). The fourth-order valence-corrected chi connectivity index (χ4v) is 3.55. The molecule has 1 aliphatic rings. The highest BCUT2D eigenvalue weighted by atomic mass is 32.1. The largest absolute Gasteiger partial charge is 0.356 e. The minimum atomic E-state index is 0.756. The lowest BCUT2D eigenvalue weighted by atomic mass is 9.83. The summed E-state index contributed by atoms with van der Waals surface area (Å²) in [6.45, 7) is 6.31. The van der Waals surface area contributed by atoms with Crippen LogP contribution in [0.3, 0.4) is 0 Å². The molecule has 5 heteroatoms. The zero-order valence-electron chi connectivity index (χ0n) is 13.5. The number of nitrogens with zero attached hydrogens (tertiary/aromatic N) is 2. The molecule has 2 N–H and O–H groups in total. The zero-order valence-corrected chi connectivity index (χ0v) is 14.3. The van der Waals surface area contributed by atoms with Gasteiger partial charge in [-0.05, 0) is 31.1 Å². The Morgan fingerprint density at radius 1 is 1.33 bits per heavy atom. The minimum absolute atomic E-state index is 0.756. The molecule has 0 aliphatic heterocycles. The first-order valence-electron chi connectivity index (χ1n) is 8.09. The molecule has 0 saturated heterocycles. The number of aryl methyl sites for hydroxylation is 1. The smallest absolute Gasteiger partial charge is 0.191 e. The fraction of sp³-hybridized carbons (Fsp3) is 0.750. The number of hydrogen-bond acceptors (Lipinski definition) is 3. The predicted octanol–water partition coefficient (Wildman–Crippen LogP) is 3.20. The molecule has 4 nitrogen and oxygen atoms in total. The van der Waals surface area contributed by atoms with Gasteiger partial charge in [0.15, 0.2) is 5.96 Å². The van der Waals surface area contributed by atoms with Gasteiger partial charge >= 0.3 is 0 Å². The van der Waals surface area contributed by atoms with E-state index in [0.29, 0.717) is 0 Å². The molecular weight excluding hydrogens is 280 g/mol. The Labute approximate surface area is 132 Å².